The van der Waals surface area contributed by atoms with Crippen molar-refractivity contribution in [2.45, 2.75) is 19.4 Å². The second-order valence-electron chi connectivity index (χ2n) is 4.31. The molecule has 0 aliphatic heterocycles. The van der Waals surface area contributed by atoms with Crippen molar-refractivity contribution in [2.75, 3.05) is 13.7 Å². The van der Waals surface area contributed by atoms with Gasteiger partial charge in [0.15, 0.2) is 0 Å². The molecule has 0 saturated heterocycles. The smallest absolute Gasteiger partial charge is 0.255 e. The van der Waals surface area contributed by atoms with Gasteiger partial charge in [-0.2, -0.15) is 0 Å². The maximum atomic E-state index is 11.8. The van der Waals surface area contributed by atoms with Crippen LogP contribution in [0.3, 0.4) is 0 Å². The quantitative estimate of drug-likeness (QED) is 0.897. The average molecular weight is 302 g/mol. The second kappa shape index (κ2) is 5.51. The third-order valence-corrected chi connectivity index (χ3v) is 2.92. The minimum Gasteiger partial charge on any atom is -0.507 e. The van der Waals surface area contributed by atoms with Gasteiger partial charge in [-0.1, -0.05) is 15.9 Å². The molecule has 1 rings (SSSR count). The number of hydrogen-bond acceptors (Lipinski definition) is 3. The molecule has 0 unspecified atom stereocenters. The fraction of sp³-hybridized carbons (Fsp3) is 0.417. The summed E-state index contributed by atoms with van der Waals surface area (Å²) in [5.41, 5.74) is -0.180. The molecule has 0 aliphatic rings. The Morgan fingerprint density at radius 3 is 2.71 bits per heavy atom. The Labute approximate surface area is 109 Å². The van der Waals surface area contributed by atoms with Gasteiger partial charge in [-0.05, 0) is 32.0 Å². The summed E-state index contributed by atoms with van der Waals surface area (Å²) < 4.78 is 5.91. The molecule has 0 spiro atoms. The fourth-order valence-electron chi connectivity index (χ4n) is 1.16. The van der Waals surface area contributed by atoms with Gasteiger partial charge in [0, 0.05) is 18.1 Å². The van der Waals surface area contributed by atoms with E-state index in [2.05, 4.69) is 21.2 Å². The average Bonchev–Trinajstić information content (AvgIpc) is 2.26. The van der Waals surface area contributed by atoms with E-state index in [9.17, 15) is 9.90 Å². The van der Waals surface area contributed by atoms with Gasteiger partial charge in [0.2, 0.25) is 0 Å². The lowest BCUT2D eigenvalue weighted by molar-refractivity contribution is 0.0228. The molecule has 94 valence electrons. The molecule has 0 saturated carbocycles. The van der Waals surface area contributed by atoms with E-state index in [1.807, 2.05) is 13.8 Å². The van der Waals surface area contributed by atoms with Crippen molar-refractivity contribution in [3.05, 3.63) is 28.2 Å². The molecule has 0 aromatic heterocycles. The topological polar surface area (TPSA) is 58.6 Å². The van der Waals surface area contributed by atoms with Gasteiger partial charge in [-0.3, -0.25) is 4.79 Å². The van der Waals surface area contributed by atoms with Gasteiger partial charge in [-0.15, -0.1) is 0 Å². The van der Waals surface area contributed by atoms with Crippen molar-refractivity contribution in [3.8, 4) is 5.75 Å². The summed E-state index contributed by atoms with van der Waals surface area (Å²) in [5.74, 6) is -0.368. The highest BCUT2D eigenvalue weighted by Gasteiger charge is 2.19. The number of phenolic OH excluding ortho intramolecular Hbond substituents is 1. The minimum atomic E-state index is -0.430. The summed E-state index contributed by atoms with van der Waals surface area (Å²) in [7, 11) is 1.59. The highest BCUT2D eigenvalue weighted by molar-refractivity contribution is 9.10. The highest BCUT2D eigenvalue weighted by atomic mass is 79.9. The van der Waals surface area contributed by atoms with Gasteiger partial charge in [0.25, 0.3) is 5.91 Å². The van der Waals surface area contributed by atoms with E-state index < -0.39 is 5.60 Å². The summed E-state index contributed by atoms with van der Waals surface area (Å²) in [4.78, 5) is 11.8. The largest absolute Gasteiger partial charge is 0.507 e. The van der Waals surface area contributed by atoms with Gasteiger partial charge < -0.3 is 15.2 Å². The summed E-state index contributed by atoms with van der Waals surface area (Å²) in [6.45, 7) is 4.11. The minimum absolute atomic E-state index is 0.0490. The van der Waals surface area contributed by atoms with Gasteiger partial charge in [0.05, 0.1) is 11.2 Å². The van der Waals surface area contributed by atoms with E-state index in [0.29, 0.717) is 6.54 Å². The molecule has 4 nitrogen and oxygen atoms in total. The van der Waals surface area contributed by atoms with Crippen LogP contribution in [0, 0.1) is 0 Å². The number of phenols is 1. The third kappa shape index (κ3) is 4.02. The van der Waals surface area contributed by atoms with Gasteiger partial charge in [0.1, 0.15) is 5.75 Å². The molecule has 0 radical (unpaired) electrons. The van der Waals surface area contributed by atoms with E-state index >= 15 is 0 Å². The number of amides is 1. The SMILES string of the molecule is COC(C)(C)CNC(=O)c1ccc(Br)cc1O. The van der Waals surface area contributed by atoms with Crippen LogP contribution >= 0.6 is 15.9 Å². The van der Waals surface area contributed by atoms with Crippen LogP contribution in [0.5, 0.6) is 5.75 Å². The number of benzene rings is 1. The van der Waals surface area contributed by atoms with Crippen molar-refractivity contribution >= 4 is 21.8 Å². The molecular formula is C12H16BrNO3. The zero-order valence-corrected chi connectivity index (χ0v) is 11.7. The molecule has 17 heavy (non-hydrogen) atoms. The highest BCUT2D eigenvalue weighted by Crippen LogP contribution is 2.22. The number of aromatic hydroxyl groups is 1. The first-order chi connectivity index (χ1) is 7.85. The van der Waals surface area contributed by atoms with Crippen LogP contribution in [-0.2, 0) is 4.74 Å². The van der Waals surface area contributed by atoms with Crippen molar-refractivity contribution in [2.24, 2.45) is 0 Å². The maximum absolute atomic E-state index is 11.8. The van der Waals surface area contributed by atoms with Crippen LogP contribution in [0.2, 0.25) is 0 Å². The zero-order valence-electron chi connectivity index (χ0n) is 10.1. The maximum Gasteiger partial charge on any atom is 0.255 e. The van der Waals surface area contributed by atoms with Crippen LogP contribution < -0.4 is 5.32 Å². The Morgan fingerprint density at radius 1 is 1.53 bits per heavy atom. The van der Waals surface area contributed by atoms with Gasteiger partial charge in [-0.25, -0.2) is 0 Å². The zero-order chi connectivity index (χ0) is 13.1. The Morgan fingerprint density at radius 2 is 2.18 bits per heavy atom. The van der Waals surface area contributed by atoms with E-state index in [4.69, 9.17) is 4.74 Å². The molecule has 0 bridgehead atoms. The number of hydrogen-bond donors (Lipinski definition) is 2. The predicted octanol–water partition coefficient (Wildman–Crippen LogP) is 2.31. The van der Waals surface area contributed by atoms with Crippen LogP contribution in [-0.4, -0.2) is 30.3 Å². The van der Waals surface area contributed by atoms with Crippen molar-refractivity contribution < 1.29 is 14.6 Å². The Balaban J connectivity index is 2.71. The standard InChI is InChI=1S/C12H16BrNO3/c1-12(2,17-3)7-14-11(16)9-5-4-8(13)6-10(9)15/h4-6,15H,7H2,1-3H3,(H,14,16). The van der Waals surface area contributed by atoms with E-state index in [1.54, 1.807) is 19.2 Å². The first-order valence-electron chi connectivity index (χ1n) is 5.17. The summed E-state index contributed by atoms with van der Waals surface area (Å²) in [5, 5.41) is 12.3. The number of halogens is 1. The molecule has 0 heterocycles. The third-order valence-electron chi connectivity index (χ3n) is 2.43. The Bertz CT molecular complexity index is 418. The molecular weight excluding hydrogens is 286 g/mol. The number of methoxy groups -OCH3 is 1. The van der Waals surface area contributed by atoms with E-state index in [-0.39, 0.29) is 17.2 Å². The molecule has 2 N–H and O–H groups in total. The lowest BCUT2D eigenvalue weighted by Crippen LogP contribution is -2.39. The van der Waals surface area contributed by atoms with Crippen LogP contribution in [0.15, 0.2) is 22.7 Å². The number of rotatable bonds is 4. The lowest BCUT2D eigenvalue weighted by atomic mass is 10.1. The lowest BCUT2D eigenvalue weighted by Gasteiger charge is -2.23. The Hall–Kier alpha value is -1.07. The molecule has 0 fully saturated rings. The Kier molecular flexibility index (Phi) is 4.54. The van der Waals surface area contributed by atoms with Crippen LogP contribution in [0.25, 0.3) is 0 Å². The summed E-state index contributed by atoms with van der Waals surface area (Å²) in [6, 6.07) is 4.75. The summed E-state index contributed by atoms with van der Waals surface area (Å²) >= 11 is 3.22. The first kappa shape index (κ1) is 14.0. The van der Waals surface area contributed by atoms with Crippen LogP contribution in [0.4, 0.5) is 0 Å². The van der Waals surface area contributed by atoms with Crippen LogP contribution in [0.1, 0.15) is 24.2 Å². The number of ether oxygens (including phenoxy) is 1. The molecule has 1 amide bonds. The second-order valence-corrected chi connectivity index (χ2v) is 5.22. The normalized spacial score (nSPS) is 11.3. The van der Waals surface area contributed by atoms with Crippen molar-refractivity contribution in [3.63, 3.8) is 0 Å². The number of carbonyl (C=O) groups is 1. The molecule has 0 atom stereocenters. The predicted molar refractivity (Wildman–Crippen MR) is 69.2 cm³/mol. The molecule has 1 aromatic rings. The summed E-state index contributed by atoms with van der Waals surface area (Å²) in [6.07, 6.45) is 0. The van der Waals surface area contributed by atoms with Crippen molar-refractivity contribution in [1.82, 2.24) is 5.32 Å². The van der Waals surface area contributed by atoms with E-state index in [1.165, 1.54) is 6.07 Å². The van der Waals surface area contributed by atoms with Gasteiger partial charge >= 0.3 is 0 Å². The molecule has 0 aliphatic carbocycles. The first-order valence-corrected chi connectivity index (χ1v) is 5.97. The fourth-order valence-corrected chi connectivity index (χ4v) is 1.51. The van der Waals surface area contributed by atoms with E-state index in [0.717, 1.165) is 4.47 Å². The molecule has 5 heteroatoms. The number of carbonyl (C=O) groups excluding carboxylic acids is 1. The molecule has 1 aromatic carbocycles. The monoisotopic (exact) mass is 301 g/mol. The van der Waals surface area contributed by atoms with Crippen molar-refractivity contribution in [1.29, 1.82) is 0 Å². The number of nitrogens with one attached hydrogen (secondary N) is 1.